The van der Waals surface area contributed by atoms with Gasteiger partial charge in [-0.15, -0.1) is 0 Å². The minimum atomic E-state index is -0.202. The predicted octanol–water partition coefficient (Wildman–Crippen LogP) is 3.23. The average molecular weight is 371 g/mol. The molecule has 1 N–H and O–H groups in total. The van der Waals surface area contributed by atoms with Crippen LogP contribution in [0.4, 0.5) is 0 Å². The summed E-state index contributed by atoms with van der Waals surface area (Å²) in [5.74, 6) is 2.10. The van der Waals surface area contributed by atoms with Crippen LogP contribution in [0.15, 0.2) is 0 Å². The Morgan fingerprint density at radius 1 is 1.24 bits per heavy atom. The minimum Gasteiger partial charge on any atom is -0.356 e. The summed E-state index contributed by atoms with van der Waals surface area (Å²) >= 11 is 1.97. The highest BCUT2D eigenvalue weighted by Gasteiger charge is 2.40. The third-order valence-corrected chi connectivity index (χ3v) is 5.90. The molecule has 0 saturated carbocycles. The highest BCUT2D eigenvalue weighted by molar-refractivity contribution is 7.99. The summed E-state index contributed by atoms with van der Waals surface area (Å²) in [5, 5.41) is 2.89. The Hall–Kier alpha value is -1.04. The first kappa shape index (κ1) is 22.0. The van der Waals surface area contributed by atoms with Crippen LogP contribution in [0, 0.1) is 11.8 Å². The number of imide groups is 1. The van der Waals surface area contributed by atoms with Crippen LogP contribution in [0.1, 0.15) is 65.7 Å². The van der Waals surface area contributed by atoms with Gasteiger partial charge in [0.15, 0.2) is 0 Å². The van der Waals surface area contributed by atoms with Crippen LogP contribution in [0.25, 0.3) is 0 Å². The maximum atomic E-state index is 12.3. The third kappa shape index (κ3) is 7.80. The van der Waals surface area contributed by atoms with E-state index in [1.165, 1.54) is 29.2 Å². The summed E-state index contributed by atoms with van der Waals surface area (Å²) < 4.78 is 0. The molecule has 1 aliphatic heterocycles. The normalized spacial score (nSPS) is 18.7. The lowest BCUT2D eigenvalue weighted by atomic mass is 9.90. The number of amides is 3. The number of carbonyl (C=O) groups is 3. The maximum absolute atomic E-state index is 12.3. The van der Waals surface area contributed by atoms with Crippen molar-refractivity contribution in [2.45, 2.75) is 65.7 Å². The zero-order chi connectivity index (χ0) is 18.7. The third-order valence-electron chi connectivity index (χ3n) is 4.91. The molecule has 0 spiro atoms. The Morgan fingerprint density at radius 3 is 2.64 bits per heavy atom. The van der Waals surface area contributed by atoms with E-state index < -0.39 is 0 Å². The lowest BCUT2D eigenvalue weighted by molar-refractivity contribution is -0.140. The van der Waals surface area contributed by atoms with Crippen LogP contribution in [0.2, 0.25) is 0 Å². The van der Waals surface area contributed by atoms with Crippen molar-refractivity contribution in [3.05, 3.63) is 0 Å². The lowest BCUT2D eigenvalue weighted by Crippen LogP contribution is -2.36. The van der Waals surface area contributed by atoms with Gasteiger partial charge in [-0.3, -0.25) is 19.3 Å². The van der Waals surface area contributed by atoms with Crippen molar-refractivity contribution in [1.82, 2.24) is 10.2 Å². The van der Waals surface area contributed by atoms with Gasteiger partial charge in [-0.2, -0.15) is 11.8 Å². The Labute approximate surface area is 156 Å². The minimum absolute atomic E-state index is 0.0749. The van der Waals surface area contributed by atoms with Crippen LogP contribution in [-0.4, -0.2) is 47.2 Å². The molecule has 2 atom stereocenters. The molecule has 0 aliphatic carbocycles. The van der Waals surface area contributed by atoms with E-state index in [1.807, 2.05) is 25.6 Å². The topological polar surface area (TPSA) is 66.5 Å². The highest BCUT2D eigenvalue weighted by Crippen LogP contribution is 2.28. The summed E-state index contributed by atoms with van der Waals surface area (Å²) in [6.07, 6.45) is 5.95. The standard InChI is InChI=1S/C19H34N2O3S/c1-4-15(3)16-14-18(23)21(19(16)24)12-10-17(22)20-11-8-6-7-9-13-25-5-2/h15-16H,4-14H2,1-3H3,(H,20,22). The molecule has 25 heavy (non-hydrogen) atoms. The molecule has 0 aromatic carbocycles. The number of thioether (sulfide) groups is 1. The van der Waals surface area contributed by atoms with Gasteiger partial charge in [0, 0.05) is 31.8 Å². The molecular formula is C19H34N2O3S. The van der Waals surface area contributed by atoms with Crippen molar-refractivity contribution in [1.29, 1.82) is 0 Å². The van der Waals surface area contributed by atoms with Crippen molar-refractivity contribution in [3.63, 3.8) is 0 Å². The van der Waals surface area contributed by atoms with E-state index in [1.54, 1.807) is 0 Å². The van der Waals surface area contributed by atoms with Crippen LogP contribution >= 0.6 is 11.8 Å². The van der Waals surface area contributed by atoms with Gasteiger partial charge in [0.05, 0.1) is 0 Å². The zero-order valence-electron chi connectivity index (χ0n) is 16.0. The van der Waals surface area contributed by atoms with Gasteiger partial charge in [0.1, 0.15) is 0 Å². The largest absolute Gasteiger partial charge is 0.356 e. The molecule has 0 bridgehead atoms. The Morgan fingerprint density at radius 2 is 1.96 bits per heavy atom. The Balaban J connectivity index is 2.15. The van der Waals surface area contributed by atoms with Crippen molar-refractivity contribution in [3.8, 4) is 0 Å². The van der Waals surface area contributed by atoms with Gasteiger partial charge in [0.25, 0.3) is 0 Å². The molecule has 0 aromatic heterocycles. The van der Waals surface area contributed by atoms with Crippen LogP contribution in [-0.2, 0) is 14.4 Å². The molecule has 0 aromatic rings. The van der Waals surface area contributed by atoms with Crippen LogP contribution in [0.3, 0.4) is 0 Å². The molecule has 1 aliphatic rings. The van der Waals surface area contributed by atoms with E-state index in [0.717, 1.165) is 19.3 Å². The molecule has 144 valence electrons. The van der Waals surface area contributed by atoms with Gasteiger partial charge < -0.3 is 5.32 Å². The summed E-state index contributed by atoms with van der Waals surface area (Å²) in [6.45, 7) is 7.10. The molecule has 1 saturated heterocycles. The molecular weight excluding hydrogens is 336 g/mol. The van der Waals surface area contributed by atoms with Gasteiger partial charge in [-0.1, -0.05) is 40.0 Å². The summed E-state index contributed by atoms with van der Waals surface area (Å²) in [6, 6.07) is 0. The smallest absolute Gasteiger partial charge is 0.233 e. The molecule has 3 amide bonds. The maximum Gasteiger partial charge on any atom is 0.233 e. The lowest BCUT2D eigenvalue weighted by Gasteiger charge is -2.17. The number of rotatable bonds is 13. The van der Waals surface area contributed by atoms with E-state index >= 15 is 0 Å². The second-order valence-electron chi connectivity index (χ2n) is 6.79. The van der Waals surface area contributed by atoms with Gasteiger partial charge in [-0.25, -0.2) is 0 Å². The van der Waals surface area contributed by atoms with E-state index in [4.69, 9.17) is 0 Å². The number of unbranched alkanes of at least 4 members (excludes halogenated alkanes) is 3. The first-order valence-corrected chi connectivity index (χ1v) is 10.8. The highest BCUT2D eigenvalue weighted by atomic mass is 32.2. The first-order valence-electron chi connectivity index (χ1n) is 9.69. The van der Waals surface area contributed by atoms with Gasteiger partial charge in [0.2, 0.25) is 17.7 Å². The van der Waals surface area contributed by atoms with Crippen molar-refractivity contribution < 1.29 is 14.4 Å². The SMILES string of the molecule is CCSCCCCCCNC(=O)CCN1C(=O)CC(C(C)CC)C1=O. The molecule has 5 nitrogen and oxygen atoms in total. The second kappa shape index (κ2) is 12.3. The fraction of sp³-hybridized carbons (Fsp3) is 0.842. The number of nitrogens with one attached hydrogen (secondary N) is 1. The van der Waals surface area contributed by atoms with E-state index in [2.05, 4.69) is 12.2 Å². The quantitative estimate of drug-likeness (QED) is 0.399. The number of hydrogen-bond donors (Lipinski definition) is 1. The number of nitrogens with zero attached hydrogens (tertiary/aromatic N) is 1. The van der Waals surface area contributed by atoms with Crippen LogP contribution < -0.4 is 5.32 Å². The summed E-state index contributed by atoms with van der Waals surface area (Å²) in [7, 11) is 0. The monoisotopic (exact) mass is 370 g/mol. The van der Waals surface area contributed by atoms with E-state index in [0.29, 0.717) is 13.0 Å². The first-order chi connectivity index (χ1) is 12.0. The molecule has 6 heteroatoms. The molecule has 1 heterocycles. The van der Waals surface area contributed by atoms with E-state index in [9.17, 15) is 14.4 Å². The van der Waals surface area contributed by atoms with E-state index in [-0.39, 0.29) is 42.5 Å². The zero-order valence-corrected chi connectivity index (χ0v) is 16.8. The van der Waals surface area contributed by atoms with Gasteiger partial charge >= 0.3 is 0 Å². The molecule has 1 rings (SSSR count). The number of hydrogen-bond acceptors (Lipinski definition) is 4. The number of carbonyl (C=O) groups excluding carboxylic acids is 3. The molecule has 0 radical (unpaired) electrons. The average Bonchev–Trinajstić information content (AvgIpc) is 2.89. The Bertz CT molecular complexity index is 442. The summed E-state index contributed by atoms with van der Waals surface area (Å²) in [5.41, 5.74) is 0. The fourth-order valence-electron chi connectivity index (χ4n) is 3.03. The predicted molar refractivity (Wildman–Crippen MR) is 103 cm³/mol. The van der Waals surface area contributed by atoms with Crippen molar-refractivity contribution in [2.75, 3.05) is 24.6 Å². The molecule has 2 unspecified atom stereocenters. The Kier molecular flexibility index (Phi) is 10.9. The molecule has 1 fully saturated rings. The van der Waals surface area contributed by atoms with Crippen molar-refractivity contribution >= 4 is 29.5 Å². The fourth-order valence-corrected chi connectivity index (χ4v) is 3.73. The van der Waals surface area contributed by atoms with Crippen LogP contribution in [0.5, 0.6) is 0 Å². The van der Waals surface area contributed by atoms with Gasteiger partial charge in [-0.05, 0) is 30.3 Å². The second-order valence-corrected chi connectivity index (χ2v) is 8.18. The summed E-state index contributed by atoms with van der Waals surface area (Å²) in [4.78, 5) is 37.5. The van der Waals surface area contributed by atoms with Crippen molar-refractivity contribution in [2.24, 2.45) is 11.8 Å². The number of likely N-dealkylation sites (tertiary alicyclic amines) is 1.